The van der Waals surface area contributed by atoms with Crippen molar-refractivity contribution in [1.82, 2.24) is 4.90 Å². The first-order valence-corrected chi connectivity index (χ1v) is 7.39. The summed E-state index contributed by atoms with van der Waals surface area (Å²) in [5.74, 6) is 0. The number of hydrogen-bond donors (Lipinski definition) is 1. The summed E-state index contributed by atoms with van der Waals surface area (Å²) in [6.45, 7) is 12.1. The van der Waals surface area contributed by atoms with Crippen molar-refractivity contribution in [3.05, 3.63) is 21.4 Å². The molecule has 0 bridgehead atoms. The van der Waals surface area contributed by atoms with Crippen molar-refractivity contribution < 1.29 is 4.74 Å². The van der Waals surface area contributed by atoms with Crippen LogP contribution in [0.15, 0.2) is 6.07 Å². The van der Waals surface area contributed by atoms with Gasteiger partial charge < -0.3 is 10.5 Å². The van der Waals surface area contributed by atoms with E-state index in [1.807, 2.05) is 11.3 Å². The number of rotatable bonds is 3. The molecule has 0 radical (unpaired) electrons. The van der Waals surface area contributed by atoms with Crippen molar-refractivity contribution in [2.24, 2.45) is 5.73 Å². The van der Waals surface area contributed by atoms with Gasteiger partial charge in [0.1, 0.15) is 0 Å². The molecule has 1 atom stereocenters. The van der Waals surface area contributed by atoms with Crippen molar-refractivity contribution in [2.45, 2.75) is 39.3 Å². The lowest BCUT2D eigenvalue weighted by Gasteiger charge is -2.46. The molecular weight excluding hydrogens is 244 g/mol. The van der Waals surface area contributed by atoms with Gasteiger partial charge in [0.2, 0.25) is 0 Å². The molecule has 0 aliphatic carbocycles. The molecule has 0 aromatic carbocycles. The Morgan fingerprint density at radius 1 is 1.50 bits per heavy atom. The molecule has 0 saturated carbocycles. The third-order valence-electron chi connectivity index (χ3n) is 3.75. The minimum atomic E-state index is 0.0601. The highest BCUT2D eigenvalue weighted by molar-refractivity contribution is 7.12. The lowest BCUT2D eigenvalue weighted by molar-refractivity contribution is -0.0712. The lowest BCUT2D eigenvalue weighted by Crippen LogP contribution is -2.55. The molecule has 1 saturated heterocycles. The first-order chi connectivity index (χ1) is 8.45. The molecule has 4 heteroatoms. The molecule has 1 unspecified atom stereocenters. The second-order valence-corrected chi connectivity index (χ2v) is 7.14. The first kappa shape index (κ1) is 14.0. The van der Waals surface area contributed by atoms with Crippen LogP contribution in [0.3, 0.4) is 0 Å². The molecular formula is C14H24N2OS. The van der Waals surface area contributed by atoms with Crippen LogP contribution in [0.4, 0.5) is 0 Å². The predicted molar refractivity (Wildman–Crippen MR) is 77.2 cm³/mol. The van der Waals surface area contributed by atoms with Crippen LogP contribution in [0.2, 0.25) is 0 Å². The molecule has 0 spiro atoms. The summed E-state index contributed by atoms with van der Waals surface area (Å²) < 4.78 is 5.60. The third kappa shape index (κ3) is 2.62. The summed E-state index contributed by atoms with van der Waals surface area (Å²) in [6, 6.07) is 2.61. The van der Waals surface area contributed by atoms with E-state index in [1.54, 1.807) is 0 Å². The van der Waals surface area contributed by atoms with E-state index >= 15 is 0 Å². The van der Waals surface area contributed by atoms with Crippen LogP contribution in [0.25, 0.3) is 0 Å². The Bertz CT molecular complexity index is 414. The highest BCUT2D eigenvalue weighted by atomic mass is 32.1. The summed E-state index contributed by atoms with van der Waals surface area (Å²) in [4.78, 5) is 5.27. The van der Waals surface area contributed by atoms with Crippen LogP contribution in [0, 0.1) is 13.8 Å². The van der Waals surface area contributed by atoms with Crippen molar-refractivity contribution in [1.29, 1.82) is 0 Å². The van der Waals surface area contributed by atoms with Gasteiger partial charge in [0.05, 0.1) is 13.2 Å². The summed E-state index contributed by atoms with van der Waals surface area (Å²) in [5, 5.41) is 0. The maximum Gasteiger partial charge on any atom is 0.0645 e. The van der Waals surface area contributed by atoms with Gasteiger partial charge >= 0.3 is 0 Å². The van der Waals surface area contributed by atoms with E-state index < -0.39 is 0 Å². The number of thiophene rings is 1. The van der Waals surface area contributed by atoms with Gasteiger partial charge in [-0.25, -0.2) is 0 Å². The van der Waals surface area contributed by atoms with E-state index in [0.29, 0.717) is 12.6 Å². The molecule has 102 valence electrons. The van der Waals surface area contributed by atoms with E-state index in [9.17, 15) is 0 Å². The van der Waals surface area contributed by atoms with Gasteiger partial charge in [-0.3, -0.25) is 4.90 Å². The Morgan fingerprint density at radius 2 is 2.22 bits per heavy atom. The van der Waals surface area contributed by atoms with Crippen LogP contribution in [0.5, 0.6) is 0 Å². The number of hydrogen-bond acceptors (Lipinski definition) is 4. The molecule has 3 nitrogen and oxygen atoms in total. The largest absolute Gasteiger partial charge is 0.378 e. The highest BCUT2D eigenvalue weighted by Crippen LogP contribution is 2.34. The quantitative estimate of drug-likeness (QED) is 0.915. The summed E-state index contributed by atoms with van der Waals surface area (Å²) in [5.41, 5.74) is 7.52. The summed E-state index contributed by atoms with van der Waals surface area (Å²) in [6.07, 6.45) is 0. The number of aryl methyl sites for hydroxylation is 2. The fourth-order valence-corrected chi connectivity index (χ4v) is 3.83. The predicted octanol–water partition coefficient (Wildman–Crippen LogP) is 2.48. The molecule has 1 aliphatic rings. The topological polar surface area (TPSA) is 38.5 Å². The third-order valence-corrected chi connectivity index (χ3v) is 4.73. The normalized spacial score (nSPS) is 22.1. The van der Waals surface area contributed by atoms with Gasteiger partial charge in [-0.2, -0.15) is 0 Å². The molecule has 1 fully saturated rings. The smallest absolute Gasteiger partial charge is 0.0645 e. The van der Waals surface area contributed by atoms with E-state index in [2.05, 4.69) is 38.7 Å². The zero-order valence-electron chi connectivity index (χ0n) is 11.8. The highest BCUT2D eigenvalue weighted by Gasteiger charge is 2.36. The van der Waals surface area contributed by atoms with E-state index in [1.165, 1.54) is 15.3 Å². The minimum Gasteiger partial charge on any atom is -0.378 e. The molecule has 1 aromatic heterocycles. The zero-order valence-corrected chi connectivity index (χ0v) is 12.6. The Morgan fingerprint density at radius 3 is 2.72 bits per heavy atom. The average Bonchev–Trinajstić information content (AvgIpc) is 2.61. The Labute approximate surface area is 114 Å². The van der Waals surface area contributed by atoms with Crippen molar-refractivity contribution in [3.63, 3.8) is 0 Å². The number of nitrogens with zero attached hydrogens (tertiary/aromatic N) is 1. The van der Waals surface area contributed by atoms with Crippen LogP contribution in [-0.4, -0.2) is 36.7 Å². The van der Waals surface area contributed by atoms with Gasteiger partial charge in [-0.1, -0.05) is 0 Å². The lowest BCUT2D eigenvalue weighted by atomic mass is 9.96. The molecule has 2 rings (SSSR count). The number of morpholine rings is 1. The monoisotopic (exact) mass is 268 g/mol. The second-order valence-electron chi connectivity index (χ2n) is 5.68. The molecule has 2 N–H and O–H groups in total. The first-order valence-electron chi connectivity index (χ1n) is 6.57. The van der Waals surface area contributed by atoms with Crippen molar-refractivity contribution in [3.8, 4) is 0 Å². The summed E-state index contributed by atoms with van der Waals surface area (Å²) >= 11 is 1.86. The fourth-order valence-electron chi connectivity index (χ4n) is 2.85. The number of nitrogens with two attached hydrogens (primary N) is 1. The van der Waals surface area contributed by atoms with Crippen LogP contribution >= 0.6 is 11.3 Å². The van der Waals surface area contributed by atoms with E-state index in [4.69, 9.17) is 10.5 Å². The SMILES string of the molecule is Cc1cc(C(CN)N2CCOCC2(C)C)c(C)s1. The standard InChI is InChI=1S/C14H24N2OS/c1-10-7-12(11(2)18-10)13(8-15)16-5-6-17-9-14(16,3)4/h7,13H,5-6,8-9,15H2,1-4H3. The van der Waals surface area contributed by atoms with Gasteiger partial charge in [-0.15, -0.1) is 11.3 Å². The zero-order chi connectivity index (χ0) is 13.3. The van der Waals surface area contributed by atoms with E-state index in [-0.39, 0.29) is 5.54 Å². The Hall–Kier alpha value is -0.420. The molecule has 2 heterocycles. The van der Waals surface area contributed by atoms with Crippen LogP contribution < -0.4 is 5.73 Å². The maximum absolute atomic E-state index is 6.06. The van der Waals surface area contributed by atoms with Crippen molar-refractivity contribution in [2.75, 3.05) is 26.3 Å². The van der Waals surface area contributed by atoms with Crippen molar-refractivity contribution >= 4 is 11.3 Å². The molecule has 1 aliphatic heterocycles. The minimum absolute atomic E-state index is 0.0601. The van der Waals surface area contributed by atoms with Crippen LogP contribution in [0.1, 0.15) is 35.2 Å². The van der Waals surface area contributed by atoms with E-state index in [0.717, 1.165) is 19.8 Å². The van der Waals surface area contributed by atoms with Gasteiger partial charge in [0.25, 0.3) is 0 Å². The van der Waals surface area contributed by atoms with Gasteiger partial charge in [0, 0.05) is 34.4 Å². The Balaban J connectivity index is 2.30. The number of ether oxygens (including phenoxy) is 1. The van der Waals surface area contributed by atoms with Gasteiger partial charge in [-0.05, 0) is 39.3 Å². The summed E-state index contributed by atoms with van der Waals surface area (Å²) in [7, 11) is 0. The Kier molecular flexibility index (Phi) is 4.11. The van der Waals surface area contributed by atoms with Gasteiger partial charge in [0.15, 0.2) is 0 Å². The molecule has 1 aromatic rings. The maximum atomic E-state index is 6.06. The average molecular weight is 268 g/mol. The second kappa shape index (κ2) is 5.29. The molecule has 18 heavy (non-hydrogen) atoms. The fraction of sp³-hybridized carbons (Fsp3) is 0.714. The van der Waals surface area contributed by atoms with Crippen LogP contribution in [-0.2, 0) is 4.74 Å². The molecule has 0 amide bonds.